The van der Waals surface area contributed by atoms with Crippen LogP contribution in [0.5, 0.6) is 11.5 Å². The van der Waals surface area contributed by atoms with Crippen LogP contribution in [0.3, 0.4) is 0 Å². The van der Waals surface area contributed by atoms with E-state index >= 15 is 0 Å². The lowest BCUT2D eigenvalue weighted by atomic mass is 9.94. The number of carbonyl (C=O) groups excluding carboxylic acids is 1. The molecule has 5 nitrogen and oxygen atoms in total. The molecule has 3 N–H and O–H groups in total. The van der Waals surface area contributed by atoms with Gasteiger partial charge in [-0.25, -0.2) is 0 Å². The molecule has 2 rings (SSSR count). The van der Waals surface area contributed by atoms with Crippen molar-refractivity contribution in [3.05, 3.63) is 54.1 Å². The molecule has 2 unspecified atom stereocenters. The lowest BCUT2D eigenvalue weighted by Gasteiger charge is -2.20. The van der Waals surface area contributed by atoms with Crippen molar-refractivity contribution in [3.63, 3.8) is 0 Å². The highest BCUT2D eigenvalue weighted by molar-refractivity contribution is 5.93. The minimum absolute atomic E-state index is 0.118. The number of carbonyl (C=O) groups is 1. The fraction of sp³-hybridized carbons (Fsp3) is 0.316. The second kappa shape index (κ2) is 8.77. The van der Waals surface area contributed by atoms with Gasteiger partial charge in [0.05, 0.1) is 13.0 Å². The van der Waals surface area contributed by atoms with Gasteiger partial charge in [-0.3, -0.25) is 4.79 Å². The molecule has 27 heavy (non-hydrogen) atoms. The zero-order valence-electron chi connectivity index (χ0n) is 14.9. The molecule has 1 amide bonds. The average Bonchev–Trinajstić information content (AvgIpc) is 2.65. The Balaban J connectivity index is 2.10. The Morgan fingerprint density at radius 2 is 1.81 bits per heavy atom. The van der Waals surface area contributed by atoms with Gasteiger partial charge >= 0.3 is 6.18 Å². The second-order valence-corrected chi connectivity index (χ2v) is 5.98. The highest BCUT2D eigenvalue weighted by Crippen LogP contribution is 2.32. The van der Waals surface area contributed by atoms with Gasteiger partial charge in [-0.2, -0.15) is 13.2 Å². The first-order chi connectivity index (χ1) is 12.7. The summed E-state index contributed by atoms with van der Waals surface area (Å²) in [4.78, 5) is 12.5. The molecule has 0 saturated carbocycles. The van der Waals surface area contributed by atoms with Crippen molar-refractivity contribution in [2.45, 2.75) is 19.1 Å². The molecule has 0 fully saturated rings. The molecule has 2 aromatic rings. The van der Waals surface area contributed by atoms with E-state index in [1.807, 2.05) is 30.3 Å². The number of rotatable bonds is 7. The Morgan fingerprint density at radius 3 is 2.41 bits per heavy atom. The van der Waals surface area contributed by atoms with Crippen LogP contribution in [-0.4, -0.2) is 25.8 Å². The zero-order chi connectivity index (χ0) is 20.0. The molecular formula is C19H21F3N2O3. The van der Waals surface area contributed by atoms with Gasteiger partial charge in [0.1, 0.15) is 0 Å². The Kier molecular flexibility index (Phi) is 6.68. The van der Waals surface area contributed by atoms with Crippen molar-refractivity contribution in [3.8, 4) is 11.5 Å². The number of anilines is 1. The number of benzene rings is 2. The number of ether oxygens (including phenoxy) is 2. The van der Waals surface area contributed by atoms with Crippen LogP contribution in [0.25, 0.3) is 0 Å². The van der Waals surface area contributed by atoms with Crippen LogP contribution >= 0.6 is 0 Å². The predicted molar refractivity (Wildman–Crippen MR) is 95.7 cm³/mol. The Labute approximate surface area is 155 Å². The quantitative estimate of drug-likeness (QED) is 0.762. The maximum absolute atomic E-state index is 12.5. The number of nitrogens with two attached hydrogens (primary N) is 1. The summed E-state index contributed by atoms with van der Waals surface area (Å²) >= 11 is 0. The molecule has 0 heterocycles. The summed E-state index contributed by atoms with van der Waals surface area (Å²) in [5, 5.41) is 2.65. The SMILES string of the molecule is COc1ccc(NC(=O)C(C)C(N)c2ccccc2)cc1OCC(F)(F)F. The van der Waals surface area contributed by atoms with E-state index in [1.165, 1.54) is 25.3 Å². The number of nitrogens with one attached hydrogen (secondary N) is 1. The van der Waals surface area contributed by atoms with Gasteiger partial charge in [-0.15, -0.1) is 0 Å². The third-order valence-electron chi connectivity index (χ3n) is 3.96. The van der Waals surface area contributed by atoms with Crippen LogP contribution in [0.15, 0.2) is 48.5 Å². The Hall–Kier alpha value is -2.74. The van der Waals surface area contributed by atoms with Crippen LogP contribution in [0, 0.1) is 5.92 Å². The molecule has 0 spiro atoms. The maximum Gasteiger partial charge on any atom is 0.422 e. The molecule has 0 aromatic heterocycles. The largest absolute Gasteiger partial charge is 0.493 e. The number of hydrogen-bond donors (Lipinski definition) is 2. The van der Waals surface area contributed by atoms with E-state index < -0.39 is 24.7 Å². The van der Waals surface area contributed by atoms with Crippen LogP contribution in [-0.2, 0) is 4.79 Å². The monoisotopic (exact) mass is 382 g/mol. The first-order valence-electron chi connectivity index (χ1n) is 8.20. The summed E-state index contributed by atoms with van der Waals surface area (Å²) in [5.41, 5.74) is 7.23. The topological polar surface area (TPSA) is 73.6 Å². The maximum atomic E-state index is 12.5. The molecule has 8 heteroatoms. The fourth-order valence-electron chi connectivity index (χ4n) is 2.41. The summed E-state index contributed by atoms with van der Waals surface area (Å²) in [6.07, 6.45) is -4.48. The lowest BCUT2D eigenvalue weighted by Crippen LogP contribution is -2.30. The molecule has 0 radical (unpaired) electrons. The van der Waals surface area contributed by atoms with Gasteiger partial charge in [0, 0.05) is 17.8 Å². The first kappa shape index (κ1) is 20.6. The van der Waals surface area contributed by atoms with Gasteiger partial charge in [0.15, 0.2) is 18.1 Å². The standard InChI is InChI=1S/C19H21F3N2O3/c1-12(17(23)13-6-4-3-5-7-13)18(25)24-14-8-9-15(26-2)16(10-14)27-11-19(20,21)22/h3-10,12,17H,11,23H2,1-2H3,(H,24,25). The molecule has 2 aromatic carbocycles. The third-order valence-corrected chi connectivity index (χ3v) is 3.96. The molecule has 0 saturated heterocycles. The average molecular weight is 382 g/mol. The molecule has 0 aliphatic rings. The van der Waals surface area contributed by atoms with Crippen molar-refractivity contribution >= 4 is 11.6 Å². The van der Waals surface area contributed by atoms with Gasteiger partial charge in [0.25, 0.3) is 0 Å². The molecule has 0 aliphatic carbocycles. The van der Waals surface area contributed by atoms with Crippen molar-refractivity contribution < 1.29 is 27.4 Å². The summed E-state index contributed by atoms with van der Waals surface area (Å²) in [6.45, 7) is 0.216. The van der Waals surface area contributed by atoms with Crippen molar-refractivity contribution in [1.82, 2.24) is 0 Å². The van der Waals surface area contributed by atoms with Crippen LogP contribution in [0.2, 0.25) is 0 Å². The van der Waals surface area contributed by atoms with Crippen molar-refractivity contribution in [1.29, 1.82) is 0 Å². The van der Waals surface area contributed by atoms with Gasteiger partial charge in [0.2, 0.25) is 5.91 Å². The van der Waals surface area contributed by atoms with E-state index in [4.69, 9.17) is 15.2 Å². The number of hydrogen-bond acceptors (Lipinski definition) is 4. The number of alkyl halides is 3. The normalized spacial score (nSPS) is 13.6. The van der Waals surface area contributed by atoms with Crippen molar-refractivity contribution in [2.75, 3.05) is 19.0 Å². The summed E-state index contributed by atoms with van der Waals surface area (Å²) in [5.74, 6) is -0.911. The summed E-state index contributed by atoms with van der Waals surface area (Å²) in [7, 11) is 1.31. The minimum atomic E-state index is -4.48. The smallest absolute Gasteiger partial charge is 0.422 e. The molecular weight excluding hydrogens is 361 g/mol. The minimum Gasteiger partial charge on any atom is -0.493 e. The van der Waals surface area contributed by atoms with Crippen LogP contribution < -0.4 is 20.5 Å². The van der Waals surface area contributed by atoms with Gasteiger partial charge in [-0.1, -0.05) is 37.3 Å². The first-order valence-corrected chi connectivity index (χ1v) is 8.20. The number of amides is 1. The van der Waals surface area contributed by atoms with E-state index in [0.29, 0.717) is 0 Å². The molecule has 2 atom stereocenters. The zero-order valence-corrected chi connectivity index (χ0v) is 14.9. The predicted octanol–water partition coefficient (Wildman–Crippen LogP) is 3.91. The highest BCUT2D eigenvalue weighted by atomic mass is 19.4. The highest BCUT2D eigenvalue weighted by Gasteiger charge is 2.29. The fourth-order valence-corrected chi connectivity index (χ4v) is 2.41. The lowest BCUT2D eigenvalue weighted by molar-refractivity contribution is -0.153. The third kappa shape index (κ3) is 5.89. The van der Waals surface area contributed by atoms with E-state index in [-0.39, 0.29) is 23.1 Å². The van der Waals surface area contributed by atoms with E-state index in [0.717, 1.165) is 5.56 Å². The van der Waals surface area contributed by atoms with E-state index in [1.54, 1.807) is 6.92 Å². The summed E-state index contributed by atoms with van der Waals surface area (Å²) < 4.78 is 46.9. The van der Waals surface area contributed by atoms with Crippen molar-refractivity contribution in [2.24, 2.45) is 11.7 Å². The van der Waals surface area contributed by atoms with E-state index in [9.17, 15) is 18.0 Å². The molecule has 146 valence electrons. The van der Waals surface area contributed by atoms with Gasteiger partial charge in [-0.05, 0) is 17.7 Å². The second-order valence-electron chi connectivity index (χ2n) is 5.98. The molecule has 0 bridgehead atoms. The number of methoxy groups -OCH3 is 1. The van der Waals surface area contributed by atoms with E-state index in [2.05, 4.69) is 5.32 Å². The molecule has 0 aliphatic heterocycles. The Morgan fingerprint density at radius 1 is 1.15 bits per heavy atom. The summed E-state index contributed by atoms with van der Waals surface area (Å²) in [6, 6.07) is 12.8. The van der Waals surface area contributed by atoms with Crippen LogP contribution in [0.1, 0.15) is 18.5 Å². The number of halogens is 3. The van der Waals surface area contributed by atoms with Crippen LogP contribution in [0.4, 0.5) is 18.9 Å². The Bertz CT molecular complexity index is 767. The van der Waals surface area contributed by atoms with Gasteiger partial charge < -0.3 is 20.5 Å².